The van der Waals surface area contributed by atoms with Crippen molar-refractivity contribution >= 4 is 33.6 Å². The van der Waals surface area contributed by atoms with Crippen molar-refractivity contribution < 1.29 is 5.11 Å². The third-order valence-corrected chi connectivity index (χ3v) is 4.57. The van der Waals surface area contributed by atoms with Crippen molar-refractivity contribution in [2.75, 3.05) is 6.61 Å². The van der Waals surface area contributed by atoms with Crippen LogP contribution in [0.15, 0.2) is 28.2 Å². The van der Waals surface area contributed by atoms with Gasteiger partial charge in [-0.25, -0.2) is 0 Å². The maximum atomic E-state index is 9.58. The fraction of sp³-hybridized carbons (Fsp3) is 0.467. The van der Waals surface area contributed by atoms with Gasteiger partial charge in [-0.3, -0.25) is 0 Å². The lowest BCUT2D eigenvalue weighted by Crippen LogP contribution is -2.11. The van der Waals surface area contributed by atoms with E-state index in [-0.39, 0.29) is 6.61 Å². The van der Waals surface area contributed by atoms with Crippen LogP contribution in [0.5, 0.6) is 0 Å². The topological polar surface area (TPSA) is 20.2 Å². The van der Waals surface area contributed by atoms with Crippen LogP contribution in [-0.4, -0.2) is 11.7 Å². The third kappa shape index (κ3) is 3.59. The molecule has 1 saturated carbocycles. The molecule has 0 saturated heterocycles. The van der Waals surface area contributed by atoms with Crippen molar-refractivity contribution in [3.63, 3.8) is 0 Å². The van der Waals surface area contributed by atoms with Crippen LogP contribution in [0.2, 0.25) is 5.02 Å². The number of hydrogen-bond acceptors (Lipinski definition) is 1. The Morgan fingerprint density at radius 3 is 2.72 bits per heavy atom. The highest BCUT2D eigenvalue weighted by Crippen LogP contribution is 2.32. The van der Waals surface area contributed by atoms with Crippen LogP contribution < -0.4 is 0 Å². The zero-order valence-electron chi connectivity index (χ0n) is 10.3. The van der Waals surface area contributed by atoms with Crippen molar-refractivity contribution in [2.45, 2.75) is 32.1 Å². The molecule has 1 aliphatic rings. The maximum Gasteiger partial charge on any atom is 0.0647 e. The molecule has 1 aromatic carbocycles. The summed E-state index contributed by atoms with van der Waals surface area (Å²) < 4.78 is 1.02. The zero-order valence-corrected chi connectivity index (χ0v) is 12.7. The Labute approximate surface area is 122 Å². The molecule has 1 aromatic rings. The van der Waals surface area contributed by atoms with Gasteiger partial charge in [-0.05, 0) is 48.1 Å². The second-order valence-corrected chi connectivity index (χ2v) is 6.17. The van der Waals surface area contributed by atoms with Crippen molar-refractivity contribution in [2.24, 2.45) is 5.92 Å². The first kappa shape index (κ1) is 14.1. The number of benzene rings is 1. The Bertz CT molecular complexity index is 436. The van der Waals surface area contributed by atoms with Crippen LogP contribution in [0.3, 0.4) is 0 Å². The van der Waals surface area contributed by atoms with Gasteiger partial charge in [0.05, 0.1) is 6.61 Å². The van der Waals surface area contributed by atoms with E-state index in [0.717, 1.165) is 20.6 Å². The van der Waals surface area contributed by atoms with E-state index in [1.54, 1.807) is 0 Å². The molecule has 18 heavy (non-hydrogen) atoms. The Morgan fingerprint density at radius 2 is 2.06 bits per heavy atom. The Kier molecular flexibility index (Phi) is 5.28. The van der Waals surface area contributed by atoms with Crippen LogP contribution in [0.25, 0.3) is 6.08 Å². The molecule has 0 aromatic heterocycles. The third-order valence-electron chi connectivity index (χ3n) is 3.61. The molecule has 0 amide bonds. The molecule has 0 aliphatic heterocycles. The van der Waals surface area contributed by atoms with Gasteiger partial charge >= 0.3 is 0 Å². The van der Waals surface area contributed by atoms with E-state index in [9.17, 15) is 5.11 Å². The number of hydrogen-bond donors (Lipinski definition) is 1. The Hall–Kier alpha value is -0.310. The van der Waals surface area contributed by atoms with E-state index in [4.69, 9.17) is 11.6 Å². The average molecular weight is 330 g/mol. The summed E-state index contributed by atoms with van der Waals surface area (Å²) in [6.45, 7) is 0.142. The minimum atomic E-state index is 0.142. The largest absolute Gasteiger partial charge is 0.392 e. The molecule has 0 atom stereocenters. The van der Waals surface area contributed by atoms with Crippen molar-refractivity contribution in [3.05, 3.63) is 38.8 Å². The van der Waals surface area contributed by atoms with Gasteiger partial charge in [0.25, 0.3) is 0 Å². The first-order valence-corrected chi connectivity index (χ1v) is 7.64. The van der Waals surface area contributed by atoms with Crippen molar-refractivity contribution in [1.29, 1.82) is 0 Å². The fourth-order valence-electron chi connectivity index (χ4n) is 2.59. The van der Waals surface area contributed by atoms with Gasteiger partial charge in [0.2, 0.25) is 0 Å². The number of rotatable bonds is 3. The lowest BCUT2D eigenvalue weighted by Gasteiger charge is -2.23. The summed E-state index contributed by atoms with van der Waals surface area (Å²) >= 11 is 9.54. The van der Waals surface area contributed by atoms with Crippen LogP contribution >= 0.6 is 27.5 Å². The molecule has 2 rings (SSSR count). The number of aliphatic hydroxyl groups excluding tert-OH is 1. The molecule has 3 heteroatoms. The van der Waals surface area contributed by atoms with Gasteiger partial charge in [-0.15, -0.1) is 0 Å². The highest BCUT2D eigenvalue weighted by molar-refractivity contribution is 9.10. The van der Waals surface area contributed by atoms with Gasteiger partial charge in [-0.2, -0.15) is 0 Å². The minimum Gasteiger partial charge on any atom is -0.392 e. The van der Waals surface area contributed by atoms with Crippen molar-refractivity contribution in [1.82, 2.24) is 0 Å². The number of halogens is 2. The van der Waals surface area contributed by atoms with Crippen LogP contribution in [-0.2, 0) is 0 Å². The second-order valence-electron chi connectivity index (χ2n) is 4.88. The van der Waals surface area contributed by atoms with E-state index >= 15 is 0 Å². The lowest BCUT2D eigenvalue weighted by molar-refractivity contribution is 0.295. The molecule has 0 spiro atoms. The first-order chi connectivity index (χ1) is 8.70. The van der Waals surface area contributed by atoms with Crippen LogP contribution in [0, 0.1) is 5.92 Å². The highest BCUT2D eigenvalue weighted by Gasteiger charge is 2.17. The van der Waals surface area contributed by atoms with Crippen LogP contribution in [0.4, 0.5) is 0 Å². The van der Waals surface area contributed by atoms with Gasteiger partial charge < -0.3 is 5.11 Å². The minimum absolute atomic E-state index is 0.142. The van der Waals surface area contributed by atoms with Gasteiger partial charge in [-0.1, -0.05) is 52.9 Å². The van der Waals surface area contributed by atoms with Crippen molar-refractivity contribution in [3.8, 4) is 0 Å². The molecule has 1 N–H and O–H groups in total. The lowest BCUT2D eigenvalue weighted by atomic mass is 9.83. The summed E-state index contributed by atoms with van der Waals surface area (Å²) in [5, 5.41) is 10.3. The molecule has 0 unspecified atom stereocenters. The molecule has 98 valence electrons. The smallest absolute Gasteiger partial charge is 0.0647 e. The fourth-order valence-corrected chi connectivity index (χ4v) is 3.13. The van der Waals surface area contributed by atoms with E-state index in [0.29, 0.717) is 5.92 Å². The molecule has 1 nitrogen and oxygen atoms in total. The highest BCUT2D eigenvalue weighted by atomic mass is 79.9. The maximum absolute atomic E-state index is 9.58. The molecule has 0 radical (unpaired) electrons. The zero-order chi connectivity index (χ0) is 13.0. The normalized spacial score (nSPS) is 18.1. The Morgan fingerprint density at radius 1 is 1.33 bits per heavy atom. The summed E-state index contributed by atoms with van der Waals surface area (Å²) in [6, 6.07) is 5.75. The molecule has 0 bridgehead atoms. The predicted octanol–water partition coefficient (Wildman–Crippen LogP) is 5.06. The van der Waals surface area contributed by atoms with E-state index in [1.165, 1.54) is 32.1 Å². The van der Waals surface area contributed by atoms with E-state index < -0.39 is 0 Å². The standard InChI is InChI=1S/C15H18BrClO/c16-15-7-6-14(17)9-12(15)8-13(10-18)11-4-2-1-3-5-11/h6-9,11,18H,1-5,10H2. The average Bonchev–Trinajstić information content (AvgIpc) is 2.41. The summed E-state index contributed by atoms with van der Waals surface area (Å²) in [6.07, 6.45) is 8.37. The molecule has 0 heterocycles. The summed E-state index contributed by atoms with van der Waals surface area (Å²) in [5.74, 6) is 0.537. The molecular weight excluding hydrogens is 312 g/mol. The van der Waals surface area contributed by atoms with Crippen LogP contribution in [0.1, 0.15) is 37.7 Å². The Balaban J connectivity index is 2.24. The first-order valence-electron chi connectivity index (χ1n) is 6.47. The molecule has 1 fully saturated rings. The summed E-state index contributed by atoms with van der Waals surface area (Å²) in [5.41, 5.74) is 2.19. The summed E-state index contributed by atoms with van der Waals surface area (Å²) in [4.78, 5) is 0. The quantitative estimate of drug-likeness (QED) is 0.822. The SMILES string of the molecule is OCC(=Cc1cc(Cl)ccc1Br)C1CCCCC1. The number of aliphatic hydroxyl groups is 1. The predicted molar refractivity (Wildman–Crippen MR) is 80.8 cm³/mol. The van der Waals surface area contributed by atoms with Gasteiger partial charge in [0.1, 0.15) is 0 Å². The van der Waals surface area contributed by atoms with E-state index in [2.05, 4.69) is 22.0 Å². The summed E-state index contributed by atoms with van der Waals surface area (Å²) in [7, 11) is 0. The second kappa shape index (κ2) is 6.74. The van der Waals surface area contributed by atoms with Gasteiger partial charge in [0, 0.05) is 9.50 Å². The van der Waals surface area contributed by atoms with Gasteiger partial charge in [0.15, 0.2) is 0 Å². The monoisotopic (exact) mass is 328 g/mol. The molecule has 1 aliphatic carbocycles. The van der Waals surface area contributed by atoms with E-state index in [1.807, 2.05) is 18.2 Å². The molecular formula is C15H18BrClO.